The molecule has 2 heterocycles. The van der Waals surface area contributed by atoms with Gasteiger partial charge in [0.15, 0.2) is 0 Å². The van der Waals surface area contributed by atoms with Gasteiger partial charge in [-0.15, -0.1) is 0 Å². The van der Waals surface area contributed by atoms with Gasteiger partial charge < -0.3 is 20.8 Å². The highest BCUT2D eigenvalue weighted by molar-refractivity contribution is 5.94. The fourth-order valence-electron chi connectivity index (χ4n) is 2.55. The summed E-state index contributed by atoms with van der Waals surface area (Å²) >= 11 is 0. The number of anilines is 1. The molecule has 1 aliphatic heterocycles. The number of aromatic amines is 1. The van der Waals surface area contributed by atoms with Crippen molar-refractivity contribution in [3.8, 4) is 0 Å². The highest BCUT2D eigenvalue weighted by Crippen LogP contribution is 2.28. The number of H-pyrrole nitrogens is 1. The van der Waals surface area contributed by atoms with Crippen LogP contribution in [-0.2, 0) is 9.53 Å². The van der Waals surface area contributed by atoms with Crippen molar-refractivity contribution in [1.29, 1.82) is 0 Å². The number of fused-ring (bicyclic) bond motifs is 1. The van der Waals surface area contributed by atoms with E-state index in [1.807, 2.05) is 32.0 Å². The molecule has 3 atom stereocenters. The summed E-state index contributed by atoms with van der Waals surface area (Å²) in [7, 11) is 0. The average molecular weight is 302 g/mol. The smallest absolute Gasteiger partial charge is 0.228 e. The van der Waals surface area contributed by atoms with Crippen molar-refractivity contribution < 1.29 is 9.53 Å². The quantitative estimate of drug-likeness (QED) is 0.808. The summed E-state index contributed by atoms with van der Waals surface area (Å²) in [6.45, 7) is 4.44. The summed E-state index contributed by atoms with van der Waals surface area (Å²) in [5.74, 6) is 0.549. The topological polar surface area (TPSA) is 93.0 Å². The third kappa shape index (κ3) is 2.98. The number of hydrogen-bond donors (Lipinski definition) is 3. The Kier molecular flexibility index (Phi) is 4.13. The Morgan fingerprint density at radius 3 is 3.00 bits per heavy atom. The Hall–Kier alpha value is -1.92. The van der Waals surface area contributed by atoms with Crippen molar-refractivity contribution in [3.05, 3.63) is 24.0 Å². The minimum absolute atomic E-state index is 0.0588. The molecule has 4 N–H and O–H groups in total. The minimum Gasteiger partial charge on any atom is -0.370 e. The molecule has 2 aromatic rings. The third-order valence-corrected chi connectivity index (χ3v) is 4.20. The standard InChI is InChI=1S/C16H22N4O2/c1-9(10(2)17)16(21)18-11-5-6-12-13(8-11)20-15(19-12)14-4-3-7-22-14/h5-6,8-10,14H,3-4,7,17H2,1-2H3,(H,18,21)(H,19,20). The number of nitrogens with one attached hydrogen (secondary N) is 2. The predicted molar refractivity (Wildman–Crippen MR) is 85.5 cm³/mol. The summed E-state index contributed by atoms with van der Waals surface area (Å²) in [5, 5.41) is 2.90. The maximum absolute atomic E-state index is 12.1. The molecule has 0 spiro atoms. The van der Waals surface area contributed by atoms with Crippen LogP contribution in [0, 0.1) is 5.92 Å². The second-order valence-electron chi connectivity index (χ2n) is 5.99. The molecule has 3 rings (SSSR count). The second-order valence-corrected chi connectivity index (χ2v) is 5.99. The summed E-state index contributed by atoms with van der Waals surface area (Å²) in [5.41, 5.74) is 8.28. The van der Waals surface area contributed by atoms with Crippen LogP contribution in [0.4, 0.5) is 5.69 Å². The lowest BCUT2D eigenvalue weighted by atomic mass is 10.0. The highest BCUT2D eigenvalue weighted by Gasteiger charge is 2.21. The Labute approximate surface area is 129 Å². The van der Waals surface area contributed by atoms with Gasteiger partial charge in [-0.1, -0.05) is 6.92 Å². The van der Waals surface area contributed by atoms with Crippen LogP contribution in [0.2, 0.25) is 0 Å². The SMILES string of the molecule is CC(N)C(C)C(=O)Nc1ccc2nc(C3CCCO3)[nH]c2c1. The molecule has 22 heavy (non-hydrogen) atoms. The number of benzene rings is 1. The second kappa shape index (κ2) is 6.06. The molecule has 1 aliphatic rings. The van der Waals surface area contributed by atoms with Crippen LogP contribution < -0.4 is 11.1 Å². The van der Waals surface area contributed by atoms with Crippen LogP contribution in [-0.4, -0.2) is 28.5 Å². The van der Waals surface area contributed by atoms with Crippen LogP contribution >= 0.6 is 0 Å². The van der Waals surface area contributed by atoms with E-state index < -0.39 is 0 Å². The largest absolute Gasteiger partial charge is 0.370 e. The Morgan fingerprint density at radius 2 is 2.32 bits per heavy atom. The molecular weight excluding hydrogens is 280 g/mol. The molecule has 1 amide bonds. The molecule has 6 nitrogen and oxygen atoms in total. The normalized spacial score (nSPS) is 21.0. The molecule has 3 unspecified atom stereocenters. The average Bonchev–Trinajstić information content (AvgIpc) is 3.14. The van der Waals surface area contributed by atoms with E-state index in [1.54, 1.807) is 0 Å². The number of ether oxygens (including phenoxy) is 1. The van der Waals surface area contributed by atoms with Gasteiger partial charge in [0.25, 0.3) is 0 Å². The van der Waals surface area contributed by atoms with Crippen molar-refractivity contribution in [2.75, 3.05) is 11.9 Å². The Balaban J connectivity index is 1.79. The zero-order valence-corrected chi connectivity index (χ0v) is 12.9. The van der Waals surface area contributed by atoms with Crippen molar-refractivity contribution in [1.82, 2.24) is 9.97 Å². The fraction of sp³-hybridized carbons (Fsp3) is 0.500. The van der Waals surface area contributed by atoms with Gasteiger partial charge in [-0.2, -0.15) is 0 Å². The van der Waals surface area contributed by atoms with E-state index >= 15 is 0 Å². The number of nitrogens with two attached hydrogens (primary N) is 1. The minimum atomic E-state index is -0.236. The van der Waals surface area contributed by atoms with Crippen molar-refractivity contribution >= 4 is 22.6 Å². The first-order chi connectivity index (χ1) is 10.5. The van der Waals surface area contributed by atoms with Gasteiger partial charge in [0, 0.05) is 18.3 Å². The summed E-state index contributed by atoms with van der Waals surface area (Å²) < 4.78 is 5.64. The van der Waals surface area contributed by atoms with Crippen LogP contribution in [0.5, 0.6) is 0 Å². The van der Waals surface area contributed by atoms with Gasteiger partial charge in [-0.3, -0.25) is 4.79 Å². The first-order valence-corrected chi connectivity index (χ1v) is 7.72. The molecule has 1 saturated heterocycles. The number of hydrogen-bond acceptors (Lipinski definition) is 4. The zero-order valence-electron chi connectivity index (χ0n) is 12.9. The van der Waals surface area contributed by atoms with Crippen LogP contribution in [0.25, 0.3) is 11.0 Å². The maximum Gasteiger partial charge on any atom is 0.228 e. The molecule has 1 fully saturated rings. The Bertz CT molecular complexity index is 674. The van der Waals surface area contributed by atoms with Gasteiger partial charge in [0.2, 0.25) is 5.91 Å². The van der Waals surface area contributed by atoms with Gasteiger partial charge in [-0.25, -0.2) is 4.98 Å². The van der Waals surface area contributed by atoms with Gasteiger partial charge in [0.05, 0.1) is 17.0 Å². The summed E-state index contributed by atoms with van der Waals surface area (Å²) in [4.78, 5) is 19.9. The molecule has 0 bridgehead atoms. The van der Waals surface area contributed by atoms with E-state index in [2.05, 4.69) is 15.3 Å². The number of aromatic nitrogens is 2. The molecule has 0 aliphatic carbocycles. The van der Waals surface area contributed by atoms with E-state index in [0.29, 0.717) is 0 Å². The highest BCUT2D eigenvalue weighted by atomic mass is 16.5. The lowest BCUT2D eigenvalue weighted by Gasteiger charge is -2.15. The number of carbonyl (C=O) groups excluding carboxylic acids is 1. The summed E-state index contributed by atoms with van der Waals surface area (Å²) in [6.07, 6.45) is 2.12. The van der Waals surface area contributed by atoms with Crippen LogP contribution in [0.3, 0.4) is 0 Å². The number of nitrogens with zero attached hydrogens (tertiary/aromatic N) is 1. The predicted octanol–water partition coefficient (Wildman–Crippen LogP) is 2.34. The first kappa shape index (κ1) is 15.0. The van der Waals surface area contributed by atoms with E-state index in [9.17, 15) is 4.79 Å². The number of carbonyl (C=O) groups is 1. The van der Waals surface area contributed by atoms with Crippen molar-refractivity contribution in [2.24, 2.45) is 11.7 Å². The molecule has 1 aromatic heterocycles. The number of rotatable bonds is 4. The molecule has 0 radical (unpaired) electrons. The van der Waals surface area contributed by atoms with Gasteiger partial charge in [-0.05, 0) is 38.0 Å². The van der Waals surface area contributed by atoms with Gasteiger partial charge in [0.1, 0.15) is 11.9 Å². The van der Waals surface area contributed by atoms with Crippen LogP contribution in [0.1, 0.15) is 38.6 Å². The van der Waals surface area contributed by atoms with Gasteiger partial charge >= 0.3 is 0 Å². The van der Waals surface area contributed by atoms with Crippen molar-refractivity contribution in [2.45, 2.75) is 38.8 Å². The van der Waals surface area contributed by atoms with E-state index in [-0.39, 0.29) is 24.0 Å². The van der Waals surface area contributed by atoms with Crippen LogP contribution in [0.15, 0.2) is 18.2 Å². The molecule has 118 valence electrons. The maximum atomic E-state index is 12.1. The molecule has 0 saturated carbocycles. The van der Waals surface area contributed by atoms with E-state index in [0.717, 1.165) is 42.0 Å². The van der Waals surface area contributed by atoms with E-state index in [1.165, 1.54) is 0 Å². The van der Waals surface area contributed by atoms with E-state index in [4.69, 9.17) is 10.5 Å². The van der Waals surface area contributed by atoms with Crippen molar-refractivity contribution in [3.63, 3.8) is 0 Å². The number of imidazole rings is 1. The number of amides is 1. The Morgan fingerprint density at radius 1 is 1.50 bits per heavy atom. The summed E-state index contributed by atoms with van der Waals surface area (Å²) in [6, 6.07) is 5.47. The zero-order chi connectivity index (χ0) is 15.7. The lowest BCUT2D eigenvalue weighted by molar-refractivity contribution is -0.119. The monoisotopic (exact) mass is 302 g/mol. The molecule has 1 aromatic carbocycles. The third-order valence-electron chi connectivity index (χ3n) is 4.20. The fourth-order valence-corrected chi connectivity index (χ4v) is 2.55. The lowest BCUT2D eigenvalue weighted by Crippen LogP contribution is -2.34. The molecular formula is C16H22N4O2. The first-order valence-electron chi connectivity index (χ1n) is 7.72. The molecule has 6 heteroatoms.